The van der Waals surface area contributed by atoms with Crippen LogP contribution in [-0.2, 0) is 6.54 Å². The number of allylic oxidation sites excluding steroid dienone is 1. The minimum absolute atomic E-state index is 0.0240. The van der Waals surface area contributed by atoms with Crippen LogP contribution in [0.3, 0.4) is 0 Å². The molecule has 5 nitrogen and oxygen atoms in total. The normalized spacial score (nSPS) is 14.2. The van der Waals surface area contributed by atoms with Crippen molar-refractivity contribution in [2.45, 2.75) is 46.3 Å². The van der Waals surface area contributed by atoms with Crippen molar-refractivity contribution < 1.29 is 9.66 Å². The molecule has 0 atom stereocenters. The molecule has 27 heavy (non-hydrogen) atoms. The molecule has 0 fully saturated rings. The van der Waals surface area contributed by atoms with Crippen molar-refractivity contribution in [2.24, 2.45) is 0 Å². The fourth-order valence-corrected chi connectivity index (χ4v) is 3.46. The highest BCUT2D eigenvalue weighted by atomic mass is 16.6. The topological polar surface area (TPSA) is 55.6 Å². The van der Waals surface area contributed by atoms with E-state index in [2.05, 4.69) is 23.1 Å². The molecule has 1 aliphatic rings. The maximum Gasteiger partial charge on any atom is 0.311 e. The van der Waals surface area contributed by atoms with Gasteiger partial charge in [-0.2, -0.15) is 0 Å². The highest BCUT2D eigenvalue weighted by Crippen LogP contribution is 2.36. The second kappa shape index (κ2) is 8.25. The smallest absolute Gasteiger partial charge is 0.311 e. The van der Waals surface area contributed by atoms with E-state index < -0.39 is 0 Å². The fraction of sp³-hybridized carbons (Fsp3) is 0.364. The first-order chi connectivity index (χ1) is 13.0. The van der Waals surface area contributed by atoms with Crippen LogP contribution >= 0.6 is 0 Å². The molecular formula is C22H26N2O3. The van der Waals surface area contributed by atoms with Crippen LogP contribution in [0, 0.1) is 17.0 Å². The Morgan fingerprint density at radius 2 is 1.96 bits per heavy atom. The van der Waals surface area contributed by atoms with Gasteiger partial charge in [0.2, 0.25) is 0 Å². The molecule has 0 radical (unpaired) electrons. The highest BCUT2D eigenvalue weighted by molar-refractivity contribution is 5.71. The Kier molecular flexibility index (Phi) is 5.79. The van der Waals surface area contributed by atoms with Crippen LogP contribution in [0.15, 0.2) is 48.5 Å². The standard InChI is InChI=1S/C22H26N2O3/c1-16(2)27-22-14-19(17(3)13-21(22)24(25)26)20-11-7-8-12-23(20)15-18-9-5-4-6-10-18/h4-6,9-11,13-14,16H,7-8,12,15H2,1-3H3. The Morgan fingerprint density at radius 1 is 1.22 bits per heavy atom. The molecule has 0 bridgehead atoms. The number of hydrogen-bond donors (Lipinski definition) is 0. The zero-order valence-corrected chi connectivity index (χ0v) is 16.1. The van der Waals surface area contributed by atoms with Gasteiger partial charge in [0.1, 0.15) is 0 Å². The number of nitro benzene ring substituents is 1. The summed E-state index contributed by atoms with van der Waals surface area (Å²) in [7, 11) is 0. The molecule has 1 heterocycles. The Hall–Kier alpha value is -2.82. The molecule has 2 aromatic carbocycles. The van der Waals surface area contributed by atoms with Gasteiger partial charge in [0.05, 0.1) is 11.0 Å². The summed E-state index contributed by atoms with van der Waals surface area (Å²) in [5.74, 6) is 0.335. The summed E-state index contributed by atoms with van der Waals surface area (Å²) in [6, 6.07) is 13.8. The molecule has 0 spiro atoms. The second-order valence-corrected chi connectivity index (χ2v) is 7.20. The van der Waals surface area contributed by atoms with Gasteiger partial charge < -0.3 is 9.64 Å². The summed E-state index contributed by atoms with van der Waals surface area (Å²) in [4.78, 5) is 13.4. The van der Waals surface area contributed by atoms with Crippen molar-refractivity contribution in [3.8, 4) is 5.75 Å². The average molecular weight is 366 g/mol. The number of benzene rings is 2. The number of nitrogens with zero attached hydrogens (tertiary/aromatic N) is 2. The van der Waals surface area contributed by atoms with E-state index in [0.29, 0.717) is 5.75 Å². The van der Waals surface area contributed by atoms with E-state index in [4.69, 9.17) is 4.74 Å². The average Bonchev–Trinajstić information content (AvgIpc) is 2.64. The lowest BCUT2D eigenvalue weighted by molar-refractivity contribution is -0.386. The zero-order valence-electron chi connectivity index (χ0n) is 16.1. The number of hydrogen-bond acceptors (Lipinski definition) is 4. The molecule has 5 heteroatoms. The summed E-state index contributed by atoms with van der Waals surface area (Å²) >= 11 is 0. The molecule has 0 N–H and O–H groups in total. The van der Waals surface area contributed by atoms with Gasteiger partial charge in [0, 0.05) is 30.4 Å². The molecular weight excluding hydrogens is 340 g/mol. The summed E-state index contributed by atoms with van der Waals surface area (Å²) in [6.07, 6.45) is 4.23. The van der Waals surface area contributed by atoms with E-state index in [1.54, 1.807) is 6.07 Å². The van der Waals surface area contributed by atoms with Crippen LogP contribution in [0.25, 0.3) is 5.70 Å². The zero-order chi connectivity index (χ0) is 19.4. The van der Waals surface area contributed by atoms with E-state index in [1.807, 2.05) is 45.0 Å². The lowest BCUT2D eigenvalue weighted by Crippen LogP contribution is -2.26. The first-order valence-corrected chi connectivity index (χ1v) is 9.41. The SMILES string of the molecule is Cc1cc([N+](=O)[O-])c(OC(C)C)cc1C1=CCCCN1Cc1ccccc1. The fourth-order valence-electron chi connectivity index (χ4n) is 3.46. The third-order valence-corrected chi connectivity index (χ3v) is 4.67. The molecule has 0 amide bonds. The molecule has 0 aliphatic carbocycles. The van der Waals surface area contributed by atoms with Gasteiger partial charge in [0.25, 0.3) is 0 Å². The van der Waals surface area contributed by atoms with Crippen LogP contribution in [0.4, 0.5) is 5.69 Å². The Labute approximate surface area is 160 Å². The molecule has 142 valence electrons. The predicted molar refractivity (Wildman–Crippen MR) is 108 cm³/mol. The number of ether oxygens (including phenoxy) is 1. The van der Waals surface area contributed by atoms with E-state index in [1.165, 1.54) is 5.56 Å². The van der Waals surface area contributed by atoms with Gasteiger partial charge in [-0.15, -0.1) is 0 Å². The van der Waals surface area contributed by atoms with E-state index >= 15 is 0 Å². The van der Waals surface area contributed by atoms with E-state index in [-0.39, 0.29) is 16.7 Å². The molecule has 1 aliphatic heterocycles. The monoisotopic (exact) mass is 366 g/mol. The van der Waals surface area contributed by atoms with Gasteiger partial charge in [-0.05, 0) is 50.8 Å². The van der Waals surface area contributed by atoms with Gasteiger partial charge in [-0.3, -0.25) is 10.1 Å². The largest absolute Gasteiger partial charge is 0.484 e. The summed E-state index contributed by atoms with van der Waals surface area (Å²) < 4.78 is 5.76. The van der Waals surface area contributed by atoms with Gasteiger partial charge in [0.15, 0.2) is 5.75 Å². The first-order valence-electron chi connectivity index (χ1n) is 9.41. The summed E-state index contributed by atoms with van der Waals surface area (Å²) in [5, 5.41) is 11.4. The molecule has 0 unspecified atom stereocenters. The predicted octanol–water partition coefficient (Wildman–Crippen LogP) is 5.33. The maximum atomic E-state index is 11.4. The maximum absolute atomic E-state index is 11.4. The van der Waals surface area contributed by atoms with Crippen LogP contribution in [0.1, 0.15) is 43.4 Å². The van der Waals surface area contributed by atoms with Crippen molar-refractivity contribution >= 4 is 11.4 Å². The van der Waals surface area contributed by atoms with Crippen LogP contribution in [-0.4, -0.2) is 22.5 Å². The molecule has 3 rings (SSSR count). The van der Waals surface area contributed by atoms with Gasteiger partial charge in [-0.1, -0.05) is 36.4 Å². The third kappa shape index (κ3) is 4.48. The van der Waals surface area contributed by atoms with E-state index in [9.17, 15) is 10.1 Å². The van der Waals surface area contributed by atoms with Crippen LogP contribution in [0.5, 0.6) is 5.75 Å². The molecule has 0 saturated heterocycles. The highest BCUT2D eigenvalue weighted by Gasteiger charge is 2.23. The summed E-state index contributed by atoms with van der Waals surface area (Å²) in [5.41, 5.74) is 4.31. The van der Waals surface area contributed by atoms with Crippen molar-refractivity contribution in [3.05, 3.63) is 75.3 Å². The number of rotatable bonds is 6. The molecule has 0 aromatic heterocycles. The Balaban J connectivity index is 1.99. The summed E-state index contributed by atoms with van der Waals surface area (Å²) in [6.45, 7) is 7.48. The van der Waals surface area contributed by atoms with Crippen molar-refractivity contribution in [1.82, 2.24) is 4.90 Å². The Bertz CT molecular complexity index is 844. The first kappa shape index (κ1) is 19.0. The Morgan fingerprint density at radius 3 is 2.63 bits per heavy atom. The van der Waals surface area contributed by atoms with Crippen LogP contribution < -0.4 is 4.74 Å². The molecule has 2 aromatic rings. The van der Waals surface area contributed by atoms with Crippen molar-refractivity contribution in [2.75, 3.05) is 6.54 Å². The van der Waals surface area contributed by atoms with Crippen molar-refractivity contribution in [1.29, 1.82) is 0 Å². The third-order valence-electron chi connectivity index (χ3n) is 4.67. The minimum atomic E-state index is -0.370. The lowest BCUT2D eigenvalue weighted by atomic mass is 9.98. The van der Waals surface area contributed by atoms with Crippen LogP contribution in [0.2, 0.25) is 0 Å². The van der Waals surface area contributed by atoms with E-state index in [0.717, 1.165) is 42.8 Å². The van der Waals surface area contributed by atoms with Gasteiger partial charge in [-0.25, -0.2) is 0 Å². The van der Waals surface area contributed by atoms with Crippen molar-refractivity contribution in [3.63, 3.8) is 0 Å². The quantitative estimate of drug-likeness (QED) is 0.512. The minimum Gasteiger partial charge on any atom is -0.484 e. The number of nitro groups is 1. The second-order valence-electron chi connectivity index (χ2n) is 7.20. The number of aryl methyl sites for hydroxylation is 1. The van der Waals surface area contributed by atoms with Gasteiger partial charge >= 0.3 is 5.69 Å². The lowest BCUT2D eigenvalue weighted by Gasteiger charge is -2.32. The molecule has 0 saturated carbocycles.